The largest absolute Gasteiger partial charge is 0.494 e. The van der Waals surface area contributed by atoms with Crippen molar-refractivity contribution in [1.29, 1.82) is 5.26 Å². The standard InChI is InChI=1S/C14H17BClNO2/c1-13(2)14(3,4)19-15(18-13)11-6-5-10(7-8-17)12(16)9-11/h5-6,9H,7H2,1-4H3. The Balaban J connectivity index is 2.26. The molecule has 0 amide bonds. The fourth-order valence-corrected chi connectivity index (χ4v) is 2.17. The van der Waals surface area contributed by atoms with Gasteiger partial charge in [-0.3, -0.25) is 0 Å². The zero-order valence-corrected chi connectivity index (χ0v) is 12.4. The smallest absolute Gasteiger partial charge is 0.399 e. The van der Waals surface area contributed by atoms with Gasteiger partial charge in [0.2, 0.25) is 0 Å². The summed E-state index contributed by atoms with van der Waals surface area (Å²) in [7, 11) is -0.418. The van der Waals surface area contributed by atoms with Crippen molar-refractivity contribution in [2.24, 2.45) is 0 Å². The molecule has 2 rings (SSSR count). The Kier molecular flexibility index (Phi) is 3.66. The lowest BCUT2D eigenvalue weighted by atomic mass is 9.79. The summed E-state index contributed by atoms with van der Waals surface area (Å²) < 4.78 is 11.9. The lowest BCUT2D eigenvalue weighted by Gasteiger charge is -2.32. The zero-order chi connectivity index (χ0) is 14.3. The summed E-state index contributed by atoms with van der Waals surface area (Å²) in [4.78, 5) is 0. The highest BCUT2D eigenvalue weighted by Gasteiger charge is 2.51. The second kappa shape index (κ2) is 4.83. The van der Waals surface area contributed by atoms with Gasteiger partial charge < -0.3 is 9.31 Å². The van der Waals surface area contributed by atoms with Gasteiger partial charge in [0.1, 0.15) is 0 Å². The molecule has 19 heavy (non-hydrogen) atoms. The molecule has 1 aromatic rings. The van der Waals surface area contributed by atoms with E-state index in [1.807, 2.05) is 45.9 Å². The Labute approximate surface area is 119 Å². The third-order valence-electron chi connectivity index (χ3n) is 3.87. The molecule has 1 aliphatic heterocycles. The maximum absolute atomic E-state index is 8.70. The molecule has 1 saturated heterocycles. The summed E-state index contributed by atoms with van der Waals surface area (Å²) >= 11 is 6.17. The highest BCUT2D eigenvalue weighted by molar-refractivity contribution is 6.62. The zero-order valence-electron chi connectivity index (χ0n) is 11.7. The number of nitriles is 1. The topological polar surface area (TPSA) is 42.2 Å². The molecule has 0 saturated carbocycles. The molecule has 1 aliphatic rings. The van der Waals surface area contributed by atoms with Crippen LogP contribution in [0.2, 0.25) is 5.02 Å². The molecule has 0 aliphatic carbocycles. The highest BCUT2D eigenvalue weighted by atomic mass is 35.5. The van der Waals surface area contributed by atoms with Gasteiger partial charge in [0.05, 0.1) is 23.7 Å². The van der Waals surface area contributed by atoms with E-state index in [9.17, 15) is 0 Å². The minimum Gasteiger partial charge on any atom is -0.399 e. The second-order valence-electron chi connectivity index (χ2n) is 5.77. The quantitative estimate of drug-likeness (QED) is 0.781. The van der Waals surface area contributed by atoms with Crippen LogP contribution >= 0.6 is 11.6 Å². The normalized spacial score (nSPS) is 20.3. The van der Waals surface area contributed by atoms with Gasteiger partial charge in [-0.2, -0.15) is 5.26 Å². The molecule has 5 heteroatoms. The highest BCUT2D eigenvalue weighted by Crippen LogP contribution is 2.36. The molecular formula is C14H17BClNO2. The molecule has 0 aromatic heterocycles. The van der Waals surface area contributed by atoms with E-state index >= 15 is 0 Å². The van der Waals surface area contributed by atoms with Gasteiger partial charge in [-0.15, -0.1) is 0 Å². The summed E-state index contributed by atoms with van der Waals surface area (Å²) in [6.07, 6.45) is 0.308. The monoisotopic (exact) mass is 277 g/mol. The van der Waals surface area contributed by atoms with Crippen LogP contribution in [-0.4, -0.2) is 18.3 Å². The molecule has 0 N–H and O–H groups in total. The van der Waals surface area contributed by atoms with E-state index in [0.29, 0.717) is 11.4 Å². The molecule has 100 valence electrons. The third-order valence-corrected chi connectivity index (χ3v) is 4.22. The van der Waals surface area contributed by atoms with Crippen LogP contribution in [0.5, 0.6) is 0 Å². The fourth-order valence-electron chi connectivity index (χ4n) is 1.92. The molecular weight excluding hydrogens is 260 g/mol. The van der Waals surface area contributed by atoms with Crippen LogP contribution in [0.15, 0.2) is 18.2 Å². The van der Waals surface area contributed by atoms with Crippen molar-refractivity contribution in [2.75, 3.05) is 0 Å². The maximum atomic E-state index is 8.70. The van der Waals surface area contributed by atoms with Crippen LogP contribution in [0.1, 0.15) is 33.3 Å². The molecule has 0 atom stereocenters. The van der Waals surface area contributed by atoms with Gasteiger partial charge >= 0.3 is 7.12 Å². The Hall–Kier alpha value is -1.02. The maximum Gasteiger partial charge on any atom is 0.494 e. The molecule has 3 nitrogen and oxygen atoms in total. The number of hydrogen-bond acceptors (Lipinski definition) is 3. The number of benzene rings is 1. The van der Waals surface area contributed by atoms with E-state index in [4.69, 9.17) is 26.2 Å². The van der Waals surface area contributed by atoms with Crippen LogP contribution in [0.3, 0.4) is 0 Å². The first-order chi connectivity index (χ1) is 8.77. The number of rotatable bonds is 2. The predicted molar refractivity (Wildman–Crippen MR) is 76.5 cm³/mol. The summed E-state index contributed by atoms with van der Waals surface area (Å²) in [5, 5.41) is 9.28. The first-order valence-electron chi connectivity index (χ1n) is 6.28. The first-order valence-corrected chi connectivity index (χ1v) is 6.65. The molecule has 0 bridgehead atoms. The minimum atomic E-state index is -0.418. The van der Waals surface area contributed by atoms with Gasteiger partial charge in [-0.05, 0) is 44.8 Å². The second-order valence-corrected chi connectivity index (χ2v) is 6.18. The molecule has 1 aromatic carbocycles. The molecule has 0 spiro atoms. The number of nitrogens with zero attached hydrogens (tertiary/aromatic N) is 1. The Morgan fingerprint density at radius 1 is 1.21 bits per heavy atom. The molecule has 0 radical (unpaired) electrons. The van der Waals surface area contributed by atoms with Gasteiger partial charge in [0, 0.05) is 5.02 Å². The number of hydrogen-bond donors (Lipinski definition) is 0. The van der Waals surface area contributed by atoms with Crippen molar-refractivity contribution in [2.45, 2.75) is 45.3 Å². The lowest BCUT2D eigenvalue weighted by molar-refractivity contribution is 0.00578. The van der Waals surface area contributed by atoms with Gasteiger partial charge in [0.25, 0.3) is 0 Å². The third kappa shape index (κ3) is 2.64. The Morgan fingerprint density at radius 2 is 1.79 bits per heavy atom. The SMILES string of the molecule is CC1(C)OB(c2ccc(CC#N)c(Cl)c2)OC1(C)C. The van der Waals surface area contributed by atoms with Crippen molar-refractivity contribution >= 4 is 24.2 Å². The summed E-state index contributed by atoms with van der Waals surface area (Å²) in [6, 6.07) is 7.67. The van der Waals surface area contributed by atoms with Crippen molar-refractivity contribution in [1.82, 2.24) is 0 Å². The van der Waals surface area contributed by atoms with Crippen LogP contribution in [-0.2, 0) is 15.7 Å². The molecule has 0 unspecified atom stereocenters. The summed E-state index contributed by atoms with van der Waals surface area (Å²) in [5.74, 6) is 0. The predicted octanol–water partition coefficient (Wildman–Crippen LogP) is 2.71. The molecule has 1 fully saturated rings. The van der Waals surface area contributed by atoms with E-state index in [2.05, 4.69) is 6.07 Å². The number of halogens is 1. The van der Waals surface area contributed by atoms with E-state index < -0.39 is 7.12 Å². The average molecular weight is 278 g/mol. The van der Waals surface area contributed by atoms with Crippen molar-refractivity contribution < 1.29 is 9.31 Å². The van der Waals surface area contributed by atoms with E-state index in [1.165, 1.54) is 0 Å². The van der Waals surface area contributed by atoms with Gasteiger partial charge in [-0.25, -0.2) is 0 Å². The van der Waals surface area contributed by atoms with Crippen LogP contribution < -0.4 is 5.46 Å². The van der Waals surface area contributed by atoms with Crippen molar-refractivity contribution in [3.8, 4) is 6.07 Å². The summed E-state index contributed by atoms with van der Waals surface area (Å²) in [5.41, 5.74) is 0.972. The van der Waals surface area contributed by atoms with E-state index in [0.717, 1.165) is 11.0 Å². The van der Waals surface area contributed by atoms with Gasteiger partial charge in [0.15, 0.2) is 0 Å². The Morgan fingerprint density at radius 3 is 2.26 bits per heavy atom. The van der Waals surface area contributed by atoms with Gasteiger partial charge in [-0.1, -0.05) is 23.7 Å². The van der Waals surface area contributed by atoms with Crippen LogP contribution in [0, 0.1) is 11.3 Å². The fraction of sp³-hybridized carbons (Fsp3) is 0.500. The molecule has 1 heterocycles. The van der Waals surface area contributed by atoms with Crippen LogP contribution in [0.4, 0.5) is 0 Å². The lowest BCUT2D eigenvalue weighted by Crippen LogP contribution is -2.41. The Bertz CT molecular complexity index is 521. The van der Waals surface area contributed by atoms with Crippen molar-refractivity contribution in [3.63, 3.8) is 0 Å². The van der Waals surface area contributed by atoms with Crippen LogP contribution in [0.25, 0.3) is 0 Å². The average Bonchev–Trinajstić information content (AvgIpc) is 2.51. The van der Waals surface area contributed by atoms with E-state index in [1.54, 1.807) is 0 Å². The first kappa shape index (κ1) is 14.4. The van der Waals surface area contributed by atoms with E-state index in [-0.39, 0.29) is 11.2 Å². The van der Waals surface area contributed by atoms with Crippen molar-refractivity contribution in [3.05, 3.63) is 28.8 Å². The minimum absolute atomic E-state index is 0.308. The summed E-state index contributed by atoms with van der Waals surface area (Å²) in [6.45, 7) is 8.05.